The Morgan fingerprint density at radius 1 is 1.08 bits per heavy atom. The zero-order valence-electron chi connectivity index (χ0n) is 22.1. The standard InChI is InChI=1S/C29H34N6O2/c1-18(2)35-28-25(15-32-35)24(12-26(33-28)23-9-6-19(3)7-10-23)29(36)31-14-22-8-11-27(30-13-22)34-16-20(4)37-21(5)17-34/h6-13,15,18,20-21H,14,16-17H2,1-5H3,(H,31,36). The van der Waals surface area contributed by atoms with Crippen LogP contribution in [0, 0.1) is 6.92 Å². The average molecular weight is 499 g/mol. The molecular formula is C29H34N6O2. The molecule has 0 aliphatic carbocycles. The zero-order valence-corrected chi connectivity index (χ0v) is 22.1. The minimum atomic E-state index is -0.163. The van der Waals surface area contributed by atoms with Crippen molar-refractivity contribution in [2.45, 2.75) is 59.4 Å². The van der Waals surface area contributed by atoms with Gasteiger partial charge < -0.3 is 15.0 Å². The molecule has 37 heavy (non-hydrogen) atoms. The van der Waals surface area contributed by atoms with E-state index in [1.54, 1.807) is 6.20 Å². The van der Waals surface area contributed by atoms with Gasteiger partial charge in [0.25, 0.3) is 5.91 Å². The number of benzene rings is 1. The molecule has 192 valence electrons. The van der Waals surface area contributed by atoms with E-state index >= 15 is 0 Å². The summed E-state index contributed by atoms with van der Waals surface area (Å²) in [5.41, 5.74) is 5.09. The summed E-state index contributed by atoms with van der Waals surface area (Å²) < 4.78 is 7.69. The van der Waals surface area contributed by atoms with Crippen molar-refractivity contribution in [3.8, 4) is 11.3 Å². The van der Waals surface area contributed by atoms with Crippen molar-refractivity contribution >= 4 is 22.8 Å². The molecule has 1 N–H and O–H groups in total. The molecule has 8 nitrogen and oxygen atoms in total. The van der Waals surface area contributed by atoms with Gasteiger partial charge in [-0.05, 0) is 52.3 Å². The van der Waals surface area contributed by atoms with Gasteiger partial charge in [-0.1, -0.05) is 35.9 Å². The average Bonchev–Trinajstić information content (AvgIpc) is 3.31. The van der Waals surface area contributed by atoms with Crippen LogP contribution in [-0.2, 0) is 11.3 Å². The highest BCUT2D eigenvalue weighted by Gasteiger charge is 2.23. The van der Waals surface area contributed by atoms with Crippen LogP contribution in [0.1, 0.15) is 55.2 Å². The number of fused-ring (bicyclic) bond motifs is 1. The Balaban J connectivity index is 1.37. The Bertz CT molecular complexity index is 1380. The molecular weight excluding hydrogens is 464 g/mol. The molecule has 1 aromatic carbocycles. The third kappa shape index (κ3) is 5.34. The largest absolute Gasteiger partial charge is 0.372 e. The van der Waals surface area contributed by atoms with E-state index in [4.69, 9.17) is 9.72 Å². The predicted molar refractivity (Wildman–Crippen MR) is 146 cm³/mol. The first-order valence-corrected chi connectivity index (χ1v) is 12.9. The van der Waals surface area contributed by atoms with Crippen LogP contribution >= 0.6 is 0 Å². The summed E-state index contributed by atoms with van der Waals surface area (Å²) in [6.07, 6.45) is 3.91. The highest BCUT2D eigenvalue weighted by Crippen LogP contribution is 2.27. The van der Waals surface area contributed by atoms with Crippen LogP contribution in [-0.4, -0.2) is 51.0 Å². The number of aromatic nitrogens is 4. The Kier molecular flexibility index (Phi) is 6.93. The van der Waals surface area contributed by atoms with E-state index in [-0.39, 0.29) is 24.2 Å². The highest BCUT2D eigenvalue weighted by atomic mass is 16.5. The summed E-state index contributed by atoms with van der Waals surface area (Å²) in [7, 11) is 0. The van der Waals surface area contributed by atoms with Crippen LogP contribution in [0.15, 0.2) is 54.9 Å². The maximum atomic E-state index is 13.4. The molecule has 1 fully saturated rings. The van der Waals surface area contributed by atoms with Gasteiger partial charge in [-0.3, -0.25) is 4.79 Å². The van der Waals surface area contributed by atoms with Crippen molar-refractivity contribution in [3.05, 3.63) is 71.5 Å². The number of nitrogens with zero attached hydrogens (tertiary/aromatic N) is 5. The predicted octanol–water partition coefficient (Wildman–Crippen LogP) is 4.93. The molecule has 4 aromatic rings. The van der Waals surface area contributed by atoms with E-state index in [0.717, 1.165) is 41.1 Å². The van der Waals surface area contributed by atoms with E-state index in [1.165, 1.54) is 5.56 Å². The second kappa shape index (κ2) is 10.3. The fourth-order valence-corrected chi connectivity index (χ4v) is 4.81. The van der Waals surface area contributed by atoms with Crippen LogP contribution < -0.4 is 10.2 Å². The number of ether oxygens (including phenoxy) is 1. The van der Waals surface area contributed by atoms with Gasteiger partial charge >= 0.3 is 0 Å². The fourth-order valence-electron chi connectivity index (χ4n) is 4.81. The first-order chi connectivity index (χ1) is 17.8. The molecule has 0 bridgehead atoms. The molecule has 1 amide bonds. The van der Waals surface area contributed by atoms with Gasteiger partial charge in [0.2, 0.25) is 0 Å². The molecule has 0 spiro atoms. The van der Waals surface area contributed by atoms with Gasteiger partial charge in [0, 0.05) is 37.4 Å². The van der Waals surface area contributed by atoms with Crippen molar-refractivity contribution < 1.29 is 9.53 Å². The third-order valence-electron chi connectivity index (χ3n) is 6.65. The molecule has 5 rings (SSSR count). The van der Waals surface area contributed by atoms with Crippen molar-refractivity contribution in [2.24, 2.45) is 0 Å². The van der Waals surface area contributed by atoms with Crippen LogP contribution in [0.3, 0.4) is 0 Å². The number of morpholine rings is 1. The summed E-state index contributed by atoms with van der Waals surface area (Å²) >= 11 is 0. The lowest BCUT2D eigenvalue weighted by atomic mass is 10.0. The minimum absolute atomic E-state index is 0.121. The molecule has 1 aliphatic heterocycles. The molecule has 4 heterocycles. The van der Waals surface area contributed by atoms with Gasteiger partial charge in [-0.2, -0.15) is 5.10 Å². The quantitative estimate of drug-likeness (QED) is 0.406. The Morgan fingerprint density at radius 2 is 1.81 bits per heavy atom. The number of aryl methyl sites for hydroxylation is 1. The van der Waals surface area contributed by atoms with E-state index in [0.29, 0.717) is 17.8 Å². The minimum Gasteiger partial charge on any atom is -0.372 e. The van der Waals surface area contributed by atoms with Gasteiger partial charge in [-0.25, -0.2) is 14.6 Å². The van der Waals surface area contributed by atoms with Crippen molar-refractivity contribution in [3.63, 3.8) is 0 Å². The summed E-state index contributed by atoms with van der Waals surface area (Å²) in [6, 6.07) is 14.2. The number of pyridine rings is 2. The number of nitrogens with one attached hydrogen (secondary N) is 1. The van der Waals surface area contributed by atoms with Crippen LogP contribution in [0.5, 0.6) is 0 Å². The van der Waals surface area contributed by atoms with Crippen LogP contribution in [0.4, 0.5) is 5.82 Å². The number of carbonyl (C=O) groups is 1. The number of hydrogen-bond acceptors (Lipinski definition) is 6. The van der Waals surface area contributed by atoms with Crippen molar-refractivity contribution in [2.75, 3.05) is 18.0 Å². The van der Waals surface area contributed by atoms with Crippen LogP contribution in [0.2, 0.25) is 0 Å². The zero-order chi connectivity index (χ0) is 26.1. The molecule has 2 atom stereocenters. The van der Waals surface area contributed by atoms with E-state index in [9.17, 15) is 4.79 Å². The normalized spacial score (nSPS) is 17.9. The lowest BCUT2D eigenvalue weighted by Gasteiger charge is -2.36. The monoisotopic (exact) mass is 498 g/mol. The molecule has 0 saturated carbocycles. The number of anilines is 1. The molecule has 3 aromatic heterocycles. The van der Waals surface area contributed by atoms with Gasteiger partial charge in [-0.15, -0.1) is 0 Å². The molecule has 8 heteroatoms. The topological polar surface area (TPSA) is 85.2 Å². The Labute approximate surface area is 217 Å². The van der Waals surface area contributed by atoms with Gasteiger partial charge in [0.05, 0.1) is 35.0 Å². The third-order valence-corrected chi connectivity index (χ3v) is 6.65. The van der Waals surface area contributed by atoms with Crippen molar-refractivity contribution in [1.82, 2.24) is 25.1 Å². The number of hydrogen-bond donors (Lipinski definition) is 1. The van der Waals surface area contributed by atoms with E-state index in [2.05, 4.69) is 67.1 Å². The SMILES string of the molecule is Cc1ccc(-c2cc(C(=O)NCc3ccc(N4CC(C)OC(C)C4)nc3)c3cnn(C(C)C)c3n2)cc1. The maximum absolute atomic E-state index is 13.4. The Hall–Kier alpha value is -3.78. The van der Waals surface area contributed by atoms with Gasteiger partial charge in [0.15, 0.2) is 5.65 Å². The Morgan fingerprint density at radius 3 is 2.46 bits per heavy atom. The van der Waals surface area contributed by atoms with E-state index < -0.39 is 0 Å². The summed E-state index contributed by atoms with van der Waals surface area (Å²) in [5.74, 6) is 0.765. The summed E-state index contributed by atoms with van der Waals surface area (Å²) in [6.45, 7) is 12.3. The smallest absolute Gasteiger partial charge is 0.252 e. The first kappa shape index (κ1) is 24.9. The van der Waals surface area contributed by atoms with Gasteiger partial charge in [0.1, 0.15) is 5.82 Å². The number of rotatable bonds is 6. The van der Waals surface area contributed by atoms with Crippen molar-refractivity contribution in [1.29, 1.82) is 0 Å². The number of carbonyl (C=O) groups excluding carboxylic acids is 1. The first-order valence-electron chi connectivity index (χ1n) is 12.9. The second-order valence-corrected chi connectivity index (χ2v) is 10.2. The second-order valence-electron chi connectivity index (χ2n) is 10.2. The lowest BCUT2D eigenvalue weighted by molar-refractivity contribution is -0.00546. The lowest BCUT2D eigenvalue weighted by Crippen LogP contribution is -2.45. The molecule has 1 aliphatic rings. The molecule has 1 saturated heterocycles. The molecule has 0 radical (unpaired) electrons. The highest BCUT2D eigenvalue weighted by molar-refractivity contribution is 6.06. The van der Waals surface area contributed by atoms with E-state index in [1.807, 2.05) is 41.2 Å². The maximum Gasteiger partial charge on any atom is 0.252 e. The summed E-state index contributed by atoms with van der Waals surface area (Å²) in [5, 5.41) is 8.33. The molecule has 2 unspecified atom stereocenters. The summed E-state index contributed by atoms with van der Waals surface area (Å²) in [4.78, 5) is 25.2. The fraction of sp³-hybridized carbons (Fsp3) is 0.379. The number of amides is 1. The van der Waals surface area contributed by atoms with Crippen LogP contribution in [0.25, 0.3) is 22.3 Å².